The molecule has 62 heavy (non-hydrogen) atoms. The van der Waals surface area contributed by atoms with Gasteiger partial charge >= 0.3 is 11.9 Å². The summed E-state index contributed by atoms with van der Waals surface area (Å²) in [5, 5.41) is 71.9. The van der Waals surface area contributed by atoms with Crippen LogP contribution in [0.3, 0.4) is 0 Å². The Kier molecular flexibility index (Phi) is 31.9. The first-order valence-electron chi connectivity index (χ1n) is 23.9. The van der Waals surface area contributed by atoms with Gasteiger partial charge in [-0.05, 0) is 25.7 Å². The van der Waals surface area contributed by atoms with E-state index in [0.717, 1.165) is 38.5 Å². The predicted molar refractivity (Wildman–Crippen MR) is 234 cm³/mol. The standard InChI is InChI=1S/C47H84O15/c1-3-5-7-9-11-13-15-17-19-21-23-25-27-29-38(49)57-32-35(60-39(50)30-28-26-24-22-20-18-16-14-12-10-8-6-4-2)33-58-46-45(56)43(54)41(52)37(62-46)34-59-47-44(55)42(53)40(51)36(31-48)61-47/h25-28,35-37,40-48,51-56H,3-24,29-34H2,1-2H3/t35-,36-,37-,40+,41+,42?,43?,44?,45?,46-,47+/m1/s1. The lowest BCUT2D eigenvalue weighted by Crippen LogP contribution is -2.61. The second-order valence-electron chi connectivity index (χ2n) is 17.0. The Balaban J connectivity index is 1.87. The molecule has 362 valence electrons. The zero-order chi connectivity index (χ0) is 45.4. The number of esters is 2. The van der Waals surface area contributed by atoms with Crippen LogP contribution in [0.5, 0.6) is 0 Å². The summed E-state index contributed by atoms with van der Waals surface area (Å²) in [5.74, 6) is -1.11. The minimum Gasteiger partial charge on any atom is -0.461 e. The average molecular weight is 889 g/mol. The van der Waals surface area contributed by atoms with Gasteiger partial charge in [-0.15, -0.1) is 0 Å². The quantitative estimate of drug-likeness (QED) is 0.0231. The van der Waals surface area contributed by atoms with Gasteiger partial charge in [0.25, 0.3) is 0 Å². The highest BCUT2D eigenvalue weighted by molar-refractivity contribution is 5.72. The fourth-order valence-electron chi connectivity index (χ4n) is 7.48. The molecule has 0 aromatic carbocycles. The molecule has 0 saturated carbocycles. The number of unbranched alkanes of at least 4 members (excludes halogenated alkanes) is 20. The van der Waals surface area contributed by atoms with Crippen molar-refractivity contribution in [1.82, 2.24) is 0 Å². The minimum atomic E-state index is -1.77. The summed E-state index contributed by atoms with van der Waals surface area (Å²) in [6.07, 6.45) is 16.9. The van der Waals surface area contributed by atoms with Crippen molar-refractivity contribution in [1.29, 1.82) is 0 Å². The SMILES string of the molecule is CCCCCCCCCCCCC=CCC(=O)OC[C@H](CO[C@@H]1O[C@H](CO[C@H]2O[C@H](CO)[C@H](O)C(O)C2O)[C@H](O)C(O)C1O)OC(=O)CC=CCCCCCCCCCCCC. The highest BCUT2D eigenvalue weighted by Gasteiger charge is 2.47. The van der Waals surface area contributed by atoms with Crippen molar-refractivity contribution in [2.75, 3.05) is 26.4 Å². The van der Waals surface area contributed by atoms with E-state index in [1.807, 2.05) is 12.2 Å². The summed E-state index contributed by atoms with van der Waals surface area (Å²) in [4.78, 5) is 25.5. The van der Waals surface area contributed by atoms with E-state index in [9.17, 15) is 45.3 Å². The van der Waals surface area contributed by atoms with E-state index >= 15 is 0 Å². The normalized spacial score (nSPS) is 27.2. The van der Waals surface area contributed by atoms with Crippen LogP contribution in [0.2, 0.25) is 0 Å². The molecule has 2 aliphatic heterocycles. The van der Waals surface area contributed by atoms with Crippen LogP contribution in [0.15, 0.2) is 24.3 Å². The lowest BCUT2D eigenvalue weighted by atomic mass is 9.98. The third-order valence-electron chi connectivity index (χ3n) is 11.5. The number of rotatable bonds is 36. The molecule has 15 nitrogen and oxygen atoms in total. The maximum atomic E-state index is 12.9. The molecule has 0 aromatic rings. The number of ether oxygens (including phenoxy) is 6. The van der Waals surface area contributed by atoms with Crippen molar-refractivity contribution < 1.29 is 73.8 Å². The Labute approximate surface area is 371 Å². The molecule has 0 aromatic heterocycles. The summed E-state index contributed by atoms with van der Waals surface area (Å²) in [5.41, 5.74) is 0. The van der Waals surface area contributed by atoms with Crippen LogP contribution in [0.4, 0.5) is 0 Å². The van der Waals surface area contributed by atoms with Gasteiger partial charge in [-0.25, -0.2) is 0 Å². The monoisotopic (exact) mass is 889 g/mol. The maximum Gasteiger partial charge on any atom is 0.310 e. The van der Waals surface area contributed by atoms with Crippen LogP contribution in [0.25, 0.3) is 0 Å². The van der Waals surface area contributed by atoms with Crippen LogP contribution in [0.1, 0.15) is 168 Å². The van der Waals surface area contributed by atoms with Crippen LogP contribution in [-0.2, 0) is 38.0 Å². The first kappa shape index (κ1) is 56.1. The molecule has 15 heteroatoms. The van der Waals surface area contributed by atoms with E-state index in [1.54, 1.807) is 12.2 Å². The summed E-state index contributed by atoms with van der Waals surface area (Å²) in [6.45, 7) is 2.46. The summed E-state index contributed by atoms with van der Waals surface area (Å²) < 4.78 is 33.3. The highest BCUT2D eigenvalue weighted by Crippen LogP contribution is 2.26. The largest absolute Gasteiger partial charge is 0.461 e. The second-order valence-corrected chi connectivity index (χ2v) is 17.0. The van der Waals surface area contributed by atoms with Gasteiger partial charge in [0, 0.05) is 0 Å². The van der Waals surface area contributed by atoms with E-state index in [2.05, 4.69) is 13.8 Å². The van der Waals surface area contributed by atoms with E-state index in [4.69, 9.17) is 28.4 Å². The third kappa shape index (κ3) is 23.8. The summed E-state index contributed by atoms with van der Waals surface area (Å²) in [7, 11) is 0. The third-order valence-corrected chi connectivity index (χ3v) is 11.5. The molecule has 0 radical (unpaired) electrons. The van der Waals surface area contributed by atoms with Crippen molar-refractivity contribution in [3.05, 3.63) is 24.3 Å². The van der Waals surface area contributed by atoms with Crippen LogP contribution in [0, 0.1) is 0 Å². The Morgan fingerprint density at radius 1 is 0.500 bits per heavy atom. The Bertz CT molecular complexity index is 1180. The van der Waals surface area contributed by atoms with E-state index in [-0.39, 0.29) is 19.4 Å². The molecule has 11 atom stereocenters. The molecule has 7 N–H and O–H groups in total. The number of aliphatic hydroxyl groups excluding tert-OH is 7. The molecule has 0 spiro atoms. The fourth-order valence-corrected chi connectivity index (χ4v) is 7.48. The lowest BCUT2D eigenvalue weighted by molar-refractivity contribution is -0.332. The highest BCUT2D eigenvalue weighted by atomic mass is 16.7. The van der Waals surface area contributed by atoms with Gasteiger partial charge in [0.1, 0.15) is 55.4 Å². The molecule has 2 saturated heterocycles. The van der Waals surface area contributed by atoms with Gasteiger partial charge in [-0.1, -0.05) is 154 Å². The molecular weight excluding hydrogens is 805 g/mol. The first-order chi connectivity index (χ1) is 30.0. The smallest absolute Gasteiger partial charge is 0.310 e. The number of hydrogen-bond acceptors (Lipinski definition) is 15. The number of aliphatic hydroxyl groups is 7. The summed E-state index contributed by atoms with van der Waals surface area (Å²) in [6, 6.07) is 0. The van der Waals surface area contributed by atoms with Gasteiger partial charge in [0.05, 0.1) is 32.7 Å². The fraction of sp³-hybridized carbons (Fsp3) is 0.872. The van der Waals surface area contributed by atoms with Gasteiger partial charge < -0.3 is 64.2 Å². The Morgan fingerprint density at radius 3 is 1.40 bits per heavy atom. The lowest BCUT2D eigenvalue weighted by Gasteiger charge is -2.42. The predicted octanol–water partition coefficient (Wildman–Crippen LogP) is 5.60. The van der Waals surface area contributed by atoms with Crippen LogP contribution < -0.4 is 0 Å². The molecule has 0 bridgehead atoms. The van der Waals surface area contributed by atoms with Crippen molar-refractivity contribution >= 4 is 11.9 Å². The molecule has 2 heterocycles. The van der Waals surface area contributed by atoms with Gasteiger partial charge in [0.2, 0.25) is 0 Å². The first-order valence-corrected chi connectivity index (χ1v) is 23.9. The minimum absolute atomic E-state index is 0.0191. The molecule has 2 rings (SSSR count). The Morgan fingerprint density at radius 2 is 0.919 bits per heavy atom. The van der Waals surface area contributed by atoms with Gasteiger partial charge in [0.15, 0.2) is 18.7 Å². The van der Waals surface area contributed by atoms with Crippen LogP contribution >= 0.6 is 0 Å². The van der Waals surface area contributed by atoms with Crippen molar-refractivity contribution in [2.45, 2.75) is 235 Å². The molecule has 2 aliphatic rings. The van der Waals surface area contributed by atoms with Gasteiger partial charge in [-0.2, -0.15) is 0 Å². The topological polar surface area (TPSA) is 231 Å². The van der Waals surface area contributed by atoms with E-state index in [1.165, 1.54) is 103 Å². The average Bonchev–Trinajstić information content (AvgIpc) is 3.26. The molecule has 0 aliphatic carbocycles. The van der Waals surface area contributed by atoms with Crippen molar-refractivity contribution in [3.8, 4) is 0 Å². The number of carbonyl (C=O) groups is 2. The molecule has 2 fully saturated rings. The van der Waals surface area contributed by atoms with Crippen molar-refractivity contribution in [3.63, 3.8) is 0 Å². The molecule has 0 amide bonds. The van der Waals surface area contributed by atoms with Crippen LogP contribution in [-0.4, -0.2) is 142 Å². The maximum absolute atomic E-state index is 12.9. The van der Waals surface area contributed by atoms with Gasteiger partial charge in [-0.3, -0.25) is 9.59 Å². The van der Waals surface area contributed by atoms with E-state index in [0.29, 0.717) is 0 Å². The zero-order valence-corrected chi connectivity index (χ0v) is 37.9. The number of hydrogen-bond donors (Lipinski definition) is 7. The second kappa shape index (κ2) is 35.3. The summed E-state index contributed by atoms with van der Waals surface area (Å²) >= 11 is 0. The number of allylic oxidation sites excluding steroid dienone is 2. The van der Waals surface area contributed by atoms with E-state index < -0.39 is 99.3 Å². The number of carbonyl (C=O) groups excluding carboxylic acids is 2. The molecule has 4 unspecified atom stereocenters. The Hall–Kier alpha value is -2.02. The van der Waals surface area contributed by atoms with Crippen molar-refractivity contribution in [2.24, 2.45) is 0 Å². The molecular formula is C47H84O15. The zero-order valence-electron chi connectivity index (χ0n) is 37.9.